The quantitative estimate of drug-likeness (QED) is 0.775. The summed E-state index contributed by atoms with van der Waals surface area (Å²) in [7, 11) is 0.241. The molecule has 0 saturated heterocycles. The van der Waals surface area contributed by atoms with Crippen molar-refractivity contribution in [2.75, 3.05) is 14.1 Å². The predicted molar refractivity (Wildman–Crippen MR) is 103 cm³/mol. The van der Waals surface area contributed by atoms with E-state index in [0.717, 1.165) is 9.88 Å². The smallest absolute Gasteiger partial charge is 0.240 e. The highest BCUT2D eigenvalue weighted by Gasteiger charge is 2.28. The lowest BCUT2D eigenvalue weighted by molar-refractivity contribution is 0.445. The molecule has 0 heterocycles. The molecule has 0 aromatic heterocycles. The van der Waals surface area contributed by atoms with Crippen LogP contribution in [0.3, 0.4) is 0 Å². The van der Waals surface area contributed by atoms with E-state index in [0.29, 0.717) is 4.90 Å². The minimum atomic E-state index is -3.54. The number of hydrogen-bond donors (Lipinski definition) is 1. The van der Waals surface area contributed by atoms with E-state index in [2.05, 4.69) is 4.72 Å². The van der Waals surface area contributed by atoms with Gasteiger partial charge in [0, 0.05) is 25.4 Å². The van der Waals surface area contributed by atoms with E-state index >= 15 is 0 Å². The third-order valence-electron chi connectivity index (χ3n) is 3.50. The number of nitrogens with zero attached hydrogens (tertiary/aromatic N) is 1. The maximum Gasteiger partial charge on any atom is 0.240 e. The van der Waals surface area contributed by atoms with Gasteiger partial charge in [0.2, 0.25) is 10.0 Å². The van der Waals surface area contributed by atoms with E-state index in [1.165, 1.54) is 11.8 Å². The summed E-state index contributed by atoms with van der Waals surface area (Å²) in [6.07, 6.45) is 0. The minimum absolute atomic E-state index is 0.0325. The van der Waals surface area contributed by atoms with Crippen LogP contribution in [-0.2, 0) is 10.0 Å². The molecule has 0 radical (unpaired) electrons. The summed E-state index contributed by atoms with van der Waals surface area (Å²) in [5, 5.41) is 0.0325. The van der Waals surface area contributed by atoms with Crippen molar-refractivity contribution < 1.29 is 8.42 Å². The molecule has 0 fully saturated rings. The lowest BCUT2D eigenvalue weighted by Gasteiger charge is -2.29. The topological polar surface area (TPSA) is 49.4 Å². The molecule has 1 aromatic rings. The predicted octanol–water partition coefficient (Wildman–Crippen LogP) is 3.27. The summed E-state index contributed by atoms with van der Waals surface area (Å²) in [5.41, 5.74) is 1.03. The van der Waals surface area contributed by atoms with E-state index in [-0.39, 0.29) is 17.2 Å². The first-order valence-corrected chi connectivity index (χ1v) is 10.3. The van der Waals surface area contributed by atoms with Gasteiger partial charge < -0.3 is 4.90 Å². The fourth-order valence-corrected chi connectivity index (χ4v) is 5.14. The summed E-state index contributed by atoms with van der Waals surface area (Å²) in [6.45, 7) is 7.96. The Morgan fingerprint density at radius 2 is 1.70 bits per heavy atom. The fourth-order valence-electron chi connectivity index (χ4n) is 2.08. The molecule has 4 nitrogen and oxygen atoms in total. The van der Waals surface area contributed by atoms with Crippen LogP contribution in [0.5, 0.6) is 0 Å². The fraction of sp³-hybridized carbons (Fsp3) is 0.562. The first-order valence-electron chi connectivity index (χ1n) is 7.51. The number of sulfonamides is 1. The van der Waals surface area contributed by atoms with E-state index < -0.39 is 10.0 Å². The molecule has 23 heavy (non-hydrogen) atoms. The van der Waals surface area contributed by atoms with Crippen molar-refractivity contribution >= 4 is 38.3 Å². The normalized spacial score (nSPS) is 14.6. The Kier molecular flexibility index (Phi) is 7.51. The van der Waals surface area contributed by atoms with Crippen molar-refractivity contribution in [3.05, 3.63) is 29.8 Å². The van der Waals surface area contributed by atoms with E-state index in [1.54, 1.807) is 24.3 Å². The SMILES string of the molecule is Cc1ccc(S(=O)(=O)N[C@H](C(C)C)[C@H](C)SC(=S)N(C)C)cc1. The number of thiocarbonyl (C=S) groups is 1. The molecule has 0 aliphatic rings. The first kappa shape index (κ1) is 20.4. The first-order chi connectivity index (χ1) is 10.5. The average Bonchev–Trinajstić information content (AvgIpc) is 2.44. The Hall–Kier alpha value is -0.630. The van der Waals surface area contributed by atoms with Crippen LogP contribution in [0.25, 0.3) is 0 Å². The van der Waals surface area contributed by atoms with Gasteiger partial charge in [-0.25, -0.2) is 13.1 Å². The summed E-state index contributed by atoms with van der Waals surface area (Å²) < 4.78 is 28.8. The van der Waals surface area contributed by atoms with Crippen LogP contribution < -0.4 is 4.72 Å². The molecule has 0 spiro atoms. The number of rotatable bonds is 6. The number of aryl methyl sites for hydroxylation is 1. The second kappa shape index (κ2) is 8.46. The summed E-state index contributed by atoms with van der Waals surface area (Å²) in [5.74, 6) is 0.155. The van der Waals surface area contributed by atoms with E-state index in [1.807, 2.05) is 46.7 Å². The summed E-state index contributed by atoms with van der Waals surface area (Å²) in [4.78, 5) is 2.16. The highest BCUT2D eigenvalue weighted by atomic mass is 32.2. The molecule has 0 amide bonds. The van der Waals surface area contributed by atoms with Crippen molar-refractivity contribution in [3.8, 4) is 0 Å². The summed E-state index contributed by atoms with van der Waals surface area (Å²) in [6, 6.07) is 6.68. The van der Waals surface area contributed by atoms with Gasteiger partial charge in [0.1, 0.15) is 4.32 Å². The van der Waals surface area contributed by atoms with Crippen LogP contribution in [0, 0.1) is 12.8 Å². The lowest BCUT2D eigenvalue weighted by atomic mass is 10.0. The highest BCUT2D eigenvalue weighted by Crippen LogP contribution is 2.24. The monoisotopic (exact) mass is 374 g/mol. The van der Waals surface area contributed by atoms with Crippen LogP contribution in [0.4, 0.5) is 0 Å². The van der Waals surface area contributed by atoms with Gasteiger partial charge in [-0.1, -0.05) is 62.4 Å². The van der Waals surface area contributed by atoms with E-state index in [9.17, 15) is 8.42 Å². The van der Waals surface area contributed by atoms with Crippen molar-refractivity contribution in [2.45, 2.75) is 43.9 Å². The van der Waals surface area contributed by atoms with Gasteiger partial charge in [0.25, 0.3) is 0 Å². The van der Waals surface area contributed by atoms with Gasteiger partial charge in [0.15, 0.2) is 0 Å². The van der Waals surface area contributed by atoms with Gasteiger partial charge in [-0.05, 0) is 25.0 Å². The van der Waals surface area contributed by atoms with Gasteiger partial charge in [-0.2, -0.15) is 0 Å². The van der Waals surface area contributed by atoms with Crippen molar-refractivity contribution in [2.24, 2.45) is 5.92 Å². The third kappa shape index (κ3) is 6.06. The van der Waals surface area contributed by atoms with Crippen molar-refractivity contribution in [3.63, 3.8) is 0 Å². The van der Waals surface area contributed by atoms with Crippen LogP contribution in [0.15, 0.2) is 29.2 Å². The minimum Gasteiger partial charge on any atom is -0.364 e. The Morgan fingerprint density at radius 1 is 1.17 bits per heavy atom. The molecule has 0 bridgehead atoms. The Bertz CT molecular complexity index is 625. The molecule has 130 valence electrons. The average molecular weight is 375 g/mol. The van der Waals surface area contributed by atoms with Crippen LogP contribution in [-0.4, -0.2) is 43.0 Å². The van der Waals surface area contributed by atoms with Crippen LogP contribution in [0.2, 0.25) is 0 Å². The van der Waals surface area contributed by atoms with Gasteiger partial charge in [-0.3, -0.25) is 0 Å². The largest absolute Gasteiger partial charge is 0.364 e. The number of benzene rings is 1. The van der Waals surface area contributed by atoms with Gasteiger partial charge >= 0.3 is 0 Å². The molecule has 1 rings (SSSR count). The standard InChI is InChI=1S/C16H26N2O2S3/c1-11(2)15(13(4)22-16(21)18(5)6)17-23(19,20)14-9-7-12(3)8-10-14/h7-11,13,15,17H,1-6H3/t13-,15+/m0/s1. The van der Waals surface area contributed by atoms with E-state index in [4.69, 9.17) is 12.2 Å². The Labute approximate surface area is 150 Å². The number of hydrogen-bond acceptors (Lipinski definition) is 4. The Balaban J connectivity index is 2.94. The highest BCUT2D eigenvalue weighted by molar-refractivity contribution is 8.23. The molecule has 1 aromatic carbocycles. The van der Waals surface area contributed by atoms with Crippen molar-refractivity contribution in [1.82, 2.24) is 9.62 Å². The molecule has 1 N–H and O–H groups in total. The molecule has 0 aliphatic heterocycles. The Morgan fingerprint density at radius 3 is 2.13 bits per heavy atom. The molecular formula is C16H26N2O2S3. The lowest BCUT2D eigenvalue weighted by Crippen LogP contribution is -2.45. The zero-order chi connectivity index (χ0) is 17.8. The molecular weight excluding hydrogens is 348 g/mol. The maximum absolute atomic E-state index is 12.6. The summed E-state index contributed by atoms with van der Waals surface area (Å²) >= 11 is 6.83. The van der Waals surface area contributed by atoms with Crippen LogP contribution in [0.1, 0.15) is 26.3 Å². The van der Waals surface area contributed by atoms with Crippen LogP contribution >= 0.6 is 24.0 Å². The molecule has 0 unspecified atom stereocenters. The van der Waals surface area contributed by atoms with Gasteiger partial charge in [-0.15, -0.1) is 0 Å². The molecule has 0 saturated carbocycles. The zero-order valence-electron chi connectivity index (χ0n) is 14.5. The second-order valence-electron chi connectivity index (χ2n) is 6.19. The maximum atomic E-state index is 12.6. The zero-order valence-corrected chi connectivity index (χ0v) is 17.0. The molecule has 2 atom stereocenters. The molecule has 7 heteroatoms. The number of thioether (sulfide) groups is 1. The second-order valence-corrected chi connectivity index (χ2v) is 9.91. The number of nitrogens with one attached hydrogen (secondary N) is 1. The third-order valence-corrected chi connectivity index (χ3v) is 6.86. The van der Waals surface area contributed by atoms with Crippen molar-refractivity contribution in [1.29, 1.82) is 0 Å². The van der Waals surface area contributed by atoms with Gasteiger partial charge in [0.05, 0.1) is 4.90 Å². The molecule has 0 aliphatic carbocycles.